The average molecular weight is 318 g/mol. The Labute approximate surface area is 109 Å². The highest BCUT2D eigenvalue weighted by Crippen LogP contribution is 2.36. The zero-order valence-corrected chi connectivity index (χ0v) is 11.9. The van der Waals surface area contributed by atoms with E-state index in [2.05, 4.69) is 15.9 Å². The van der Waals surface area contributed by atoms with E-state index < -0.39 is 14.8 Å². The molecule has 0 spiro atoms. The number of amides is 1. The minimum Gasteiger partial charge on any atom is -0.272 e. The van der Waals surface area contributed by atoms with Crippen molar-refractivity contribution in [3.8, 4) is 0 Å². The fourth-order valence-corrected chi connectivity index (χ4v) is 3.68. The number of hydrogen-bond acceptors (Lipinski definition) is 3. The van der Waals surface area contributed by atoms with E-state index in [9.17, 15) is 13.2 Å². The van der Waals surface area contributed by atoms with Crippen LogP contribution in [-0.2, 0) is 21.4 Å². The van der Waals surface area contributed by atoms with Crippen molar-refractivity contribution in [2.75, 3.05) is 0 Å². The van der Waals surface area contributed by atoms with Crippen LogP contribution < -0.4 is 0 Å². The van der Waals surface area contributed by atoms with Gasteiger partial charge in [0.05, 0.1) is 6.54 Å². The predicted molar refractivity (Wildman–Crippen MR) is 67.7 cm³/mol. The molecule has 6 heteroatoms. The standard InChI is InChI=1S/C11H12BrNO3S/c1-11(2)10(14)13(17(11,15)16)7-8-4-3-5-9(12)6-8/h3-6H,7H2,1-2H3. The van der Waals surface area contributed by atoms with Gasteiger partial charge in [0.1, 0.15) is 0 Å². The van der Waals surface area contributed by atoms with Crippen molar-refractivity contribution in [3.05, 3.63) is 34.3 Å². The lowest BCUT2D eigenvalue weighted by atomic mass is 10.1. The molecule has 1 saturated heterocycles. The van der Waals surface area contributed by atoms with Gasteiger partial charge in [-0.15, -0.1) is 0 Å². The molecule has 1 amide bonds. The largest absolute Gasteiger partial charge is 0.272 e. The second-order valence-corrected chi connectivity index (χ2v) is 7.78. The number of hydrogen-bond donors (Lipinski definition) is 0. The second kappa shape index (κ2) is 3.81. The molecule has 0 bridgehead atoms. The Hall–Kier alpha value is -0.880. The van der Waals surface area contributed by atoms with Crippen LogP contribution in [-0.4, -0.2) is 23.4 Å². The van der Waals surface area contributed by atoms with Crippen molar-refractivity contribution in [3.63, 3.8) is 0 Å². The summed E-state index contributed by atoms with van der Waals surface area (Å²) in [6.45, 7) is 2.97. The highest BCUT2D eigenvalue weighted by atomic mass is 79.9. The van der Waals surface area contributed by atoms with Gasteiger partial charge in [-0.1, -0.05) is 28.1 Å². The van der Waals surface area contributed by atoms with Gasteiger partial charge < -0.3 is 0 Å². The second-order valence-electron chi connectivity index (χ2n) is 4.46. The molecule has 0 N–H and O–H groups in total. The number of benzene rings is 1. The third-order valence-electron chi connectivity index (χ3n) is 2.89. The molecule has 0 aliphatic carbocycles. The van der Waals surface area contributed by atoms with Crippen LogP contribution in [0.2, 0.25) is 0 Å². The molecule has 0 saturated carbocycles. The first kappa shape index (κ1) is 12.6. The number of sulfonamides is 1. The van der Waals surface area contributed by atoms with Gasteiger partial charge in [0.2, 0.25) is 0 Å². The van der Waals surface area contributed by atoms with Crippen molar-refractivity contribution < 1.29 is 13.2 Å². The summed E-state index contributed by atoms with van der Waals surface area (Å²) in [5.41, 5.74) is 0.784. The van der Waals surface area contributed by atoms with E-state index in [0.717, 1.165) is 14.3 Å². The maximum atomic E-state index is 11.9. The van der Waals surface area contributed by atoms with Crippen LogP contribution in [0.4, 0.5) is 0 Å². The molecule has 4 nitrogen and oxygen atoms in total. The molecule has 1 aromatic carbocycles. The lowest BCUT2D eigenvalue weighted by Crippen LogP contribution is -2.66. The van der Waals surface area contributed by atoms with Gasteiger partial charge in [-0.2, -0.15) is 0 Å². The molecule has 0 unspecified atom stereocenters. The fourth-order valence-electron chi connectivity index (χ4n) is 1.71. The van der Waals surface area contributed by atoms with Crippen LogP contribution in [0.25, 0.3) is 0 Å². The smallest absolute Gasteiger partial charge is 0.259 e. The van der Waals surface area contributed by atoms with Gasteiger partial charge in [-0.25, -0.2) is 12.7 Å². The molecule has 1 fully saturated rings. The highest BCUT2D eigenvalue weighted by molar-refractivity contribution is 9.10. The van der Waals surface area contributed by atoms with E-state index in [1.54, 1.807) is 18.2 Å². The molecule has 1 heterocycles. The van der Waals surface area contributed by atoms with Gasteiger partial charge in [0.15, 0.2) is 4.75 Å². The first-order valence-corrected chi connectivity index (χ1v) is 7.31. The Morgan fingerprint density at radius 1 is 1.35 bits per heavy atom. The Morgan fingerprint density at radius 3 is 2.53 bits per heavy atom. The molecule has 0 atom stereocenters. The van der Waals surface area contributed by atoms with Crippen LogP contribution in [0.15, 0.2) is 28.7 Å². The zero-order valence-electron chi connectivity index (χ0n) is 9.47. The maximum Gasteiger partial charge on any atom is 0.259 e. The number of carbonyl (C=O) groups is 1. The van der Waals surface area contributed by atoms with Crippen LogP contribution >= 0.6 is 15.9 Å². The zero-order chi connectivity index (χ0) is 12.8. The monoisotopic (exact) mass is 317 g/mol. The van der Waals surface area contributed by atoms with E-state index in [1.165, 1.54) is 13.8 Å². The molecule has 0 aromatic heterocycles. The molecule has 2 rings (SSSR count). The third-order valence-corrected chi connectivity index (χ3v) is 5.72. The van der Waals surface area contributed by atoms with E-state index in [0.29, 0.717) is 0 Å². The summed E-state index contributed by atoms with van der Waals surface area (Å²) in [6, 6.07) is 7.24. The Balaban J connectivity index is 2.26. The van der Waals surface area contributed by atoms with Gasteiger partial charge in [0.25, 0.3) is 15.9 Å². The molecule has 1 aliphatic heterocycles. The summed E-state index contributed by atoms with van der Waals surface area (Å²) in [5, 5.41) is 0. The van der Waals surface area contributed by atoms with Crippen molar-refractivity contribution >= 4 is 31.9 Å². The summed E-state index contributed by atoms with van der Waals surface area (Å²) in [6.07, 6.45) is 0. The maximum absolute atomic E-state index is 11.9. The van der Waals surface area contributed by atoms with Crippen LogP contribution in [0.5, 0.6) is 0 Å². The Kier molecular flexibility index (Phi) is 2.82. The van der Waals surface area contributed by atoms with Crippen molar-refractivity contribution in [1.82, 2.24) is 4.31 Å². The van der Waals surface area contributed by atoms with Crippen LogP contribution in [0.3, 0.4) is 0 Å². The molecule has 17 heavy (non-hydrogen) atoms. The van der Waals surface area contributed by atoms with Gasteiger partial charge in [-0.3, -0.25) is 4.79 Å². The fraction of sp³-hybridized carbons (Fsp3) is 0.364. The number of rotatable bonds is 2. The summed E-state index contributed by atoms with van der Waals surface area (Å²) in [7, 11) is -3.49. The summed E-state index contributed by atoms with van der Waals surface area (Å²) >= 11 is 3.31. The Bertz CT molecular complexity index is 580. The van der Waals surface area contributed by atoms with E-state index in [-0.39, 0.29) is 12.5 Å². The molecule has 0 radical (unpaired) electrons. The topological polar surface area (TPSA) is 54.5 Å². The van der Waals surface area contributed by atoms with Crippen LogP contribution in [0.1, 0.15) is 19.4 Å². The lowest BCUT2D eigenvalue weighted by Gasteiger charge is -2.43. The molecular weight excluding hydrogens is 306 g/mol. The quantitative estimate of drug-likeness (QED) is 0.837. The highest BCUT2D eigenvalue weighted by Gasteiger charge is 2.59. The van der Waals surface area contributed by atoms with Crippen molar-refractivity contribution in [2.24, 2.45) is 0 Å². The first-order valence-electron chi connectivity index (χ1n) is 5.08. The minimum absolute atomic E-state index is 0.101. The molecule has 1 aromatic rings. The molecular formula is C11H12BrNO3S. The predicted octanol–water partition coefficient (Wildman–Crippen LogP) is 1.90. The number of halogens is 1. The van der Waals surface area contributed by atoms with Gasteiger partial charge >= 0.3 is 0 Å². The van der Waals surface area contributed by atoms with Gasteiger partial charge in [0, 0.05) is 4.47 Å². The van der Waals surface area contributed by atoms with Crippen LogP contribution in [0, 0.1) is 0 Å². The summed E-state index contributed by atoms with van der Waals surface area (Å²) in [4.78, 5) is 11.7. The normalized spacial score (nSPS) is 21.1. The minimum atomic E-state index is -3.49. The summed E-state index contributed by atoms with van der Waals surface area (Å²) < 4.78 is 24.2. The number of carbonyl (C=O) groups excluding carboxylic acids is 1. The van der Waals surface area contributed by atoms with E-state index >= 15 is 0 Å². The van der Waals surface area contributed by atoms with Crippen molar-refractivity contribution in [2.45, 2.75) is 25.1 Å². The molecule has 92 valence electrons. The number of nitrogens with zero attached hydrogens (tertiary/aromatic N) is 1. The van der Waals surface area contributed by atoms with Crippen molar-refractivity contribution in [1.29, 1.82) is 0 Å². The Morgan fingerprint density at radius 2 is 2.00 bits per heavy atom. The van der Waals surface area contributed by atoms with E-state index in [1.807, 2.05) is 6.07 Å². The third kappa shape index (κ3) is 1.79. The van der Waals surface area contributed by atoms with E-state index in [4.69, 9.17) is 0 Å². The lowest BCUT2D eigenvalue weighted by molar-refractivity contribution is -0.132. The van der Waals surface area contributed by atoms with Gasteiger partial charge in [-0.05, 0) is 31.5 Å². The average Bonchev–Trinajstić information content (AvgIpc) is 2.24. The molecule has 1 aliphatic rings. The SMILES string of the molecule is CC1(C)C(=O)N(Cc2cccc(Br)c2)S1(=O)=O. The summed E-state index contributed by atoms with van der Waals surface area (Å²) in [5.74, 6) is -0.350. The first-order chi connectivity index (χ1) is 7.76.